The fourth-order valence-corrected chi connectivity index (χ4v) is 3.93. The Labute approximate surface area is 153 Å². The van der Waals surface area contributed by atoms with E-state index in [2.05, 4.69) is 29.9 Å². The number of alkyl halides is 3. The van der Waals surface area contributed by atoms with Gasteiger partial charge in [0.1, 0.15) is 12.4 Å². The van der Waals surface area contributed by atoms with Gasteiger partial charge in [-0.3, -0.25) is 0 Å². The number of ether oxygens (including phenoxy) is 1. The van der Waals surface area contributed by atoms with E-state index >= 15 is 0 Å². The Bertz CT molecular complexity index is 725. The number of pyridine rings is 1. The molecule has 4 nitrogen and oxygen atoms in total. The van der Waals surface area contributed by atoms with Gasteiger partial charge in [-0.15, -0.1) is 0 Å². The van der Waals surface area contributed by atoms with E-state index in [-0.39, 0.29) is 12.4 Å². The highest BCUT2D eigenvalue weighted by atomic mass is 127. The predicted molar refractivity (Wildman–Crippen MR) is 101 cm³/mol. The van der Waals surface area contributed by atoms with Crippen LogP contribution in [0.1, 0.15) is 5.56 Å². The minimum atomic E-state index is -4.45. The van der Waals surface area contributed by atoms with Gasteiger partial charge in [0.05, 0.1) is 16.6 Å². The van der Waals surface area contributed by atoms with Crippen LogP contribution >= 0.6 is 22.6 Å². The van der Waals surface area contributed by atoms with Crippen LogP contribution in [-0.2, 0) is 17.6 Å². The summed E-state index contributed by atoms with van der Waals surface area (Å²) in [4.78, 5) is 4.03. The summed E-state index contributed by atoms with van der Waals surface area (Å²) in [5.74, 6) is 0. The van der Waals surface area contributed by atoms with E-state index in [0.29, 0.717) is 21.2 Å². The minimum Gasteiger partial charge on any atom is -0.387 e. The molecule has 24 heavy (non-hydrogen) atoms. The fourth-order valence-electron chi connectivity index (χ4n) is 2.32. The van der Waals surface area contributed by atoms with Crippen LogP contribution in [0, 0.1) is 3.57 Å². The number of anilines is 1. The van der Waals surface area contributed by atoms with Crippen molar-refractivity contribution in [3.8, 4) is 0 Å². The van der Waals surface area contributed by atoms with E-state index in [1.807, 2.05) is 22.6 Å². The van der Waals surface area contributed by atoms with Gasteiger partial charge in [0.15, 0.2) is 0 Å². The summed E-state index contributed by atoms with van der Waals surface area (Å²) in [5, 5.41) is 3.15. The van der Waals surface area contributed by atoms with Gasteiger partial charge in [-0.2, -0.15) is 13.2 Å². The number of aromatic nitrogens is 2. The minimum absolute atomic E-state index is 0.0535. The quantitative estimate of drug-likeness (QED) is 0.366. The molecule has 0 saturated heterocycles. The molecule has 2 aromatic rings. The highest BCUT2D eigenvalue weighted by Gasteiger charge is 2.35. The van der Waals surface area contributed by atoms with Crippen LogP contribution < -0.4 is 5.32 Å². The molecule has 0 unspecified atom stereocenters. The van der Waals surface area contributed by atoms with Gasteiger partial charge >= 0.3 is 6.18 Å². The van der Waals surface area contributed by atoms with Gasteiger partial charge in [0.2, 0.25) is 0 Å². The zero-order chi connectivity index (χ0) is 18.1. The maximum absolute atomic E-state index is 13.2. The molecule has 2 aromatic heterocycles. The molecule has 0 aliphatic rings. The lowest BCUT2D eigenvalue weighted by Crippen LogP contribution is -2.22. The number of nitrogens with one attached hydrogen (secondary N) is 1. The van der Waals surface area contributed by atoms with Crippen molar-refractivity contribution in [3.63, 3.8) is 0 Å². The van der Waals surface area contributed by atoms with E-state index in [1.54, 1.807) is 10.8 Å². The third-order valence-electron chi connectivity index (χ3n) is 3.62. The van der Waals surface area contributed by atoms with E-state index in [4.69, 9.17) is 4.74 Å². The highest BCUT2D eigenvalue weighted by Crippen LogP contribution is 2.39. The smallest absolute Gasteiger partial charge is 0.387 e. The molecule has 9 heteroatoms. The first-order valence-electron chi connectivity index (χ1n) is 7.54. The highest BCUT2D eigenvalue weighted by molar-refractivity contribution is 14.1. The number of rotatable bonds is 6. The molecule has 0 fully saturated rings. The zero-order valence-corrected chi connectivity index (χ0v) is 17.2. The molecule has 0 atom stereocenters. The van der Waals surface area contributed by atoms with Gasteiger partial charge in [-0.25, -0.2) is 4.98 Å². The molecule has 2 rings (SSSR count). The van der Waals surface area contributed by atoms with Crippen LogP contribution in [0.4, 0.5) is 18.9 Å². The molecule has 0 bridgehead atoms. The summed E-state index contributed by atoms with van der Waals surface area (Å²) in [6.45, 7) is 7.73. The second kappa shape index (κ2) is 7.20. The van der Waals surface area contributed by atoms with Crippen LogP contribution in [0.25, 0.3) is 11.0 Å². The Morgan fingerprint density at radius 1 is 1.33 bits per heavy atom. The second-order valence-corrected chi connectivity index (χ2v) is 13.6. The van der Waals surface area contributed by atoms with Crippen molar-refractivity contribution in [2.75, 3.05) is 19.0 Å². The maximum atomic E-state index is 13.2. The number of hydrogen-bond donors (Lipinski definition) is 1. The summed E-state index contributed by atoms with van der Waals surface area (Å²) in [6, 6.07) is 1.04. The van der Waals surface area contributed by atoms with Crippen molar-refractivity contribution >= 4 is 47.4 Å². The molecule has 134 valence electrons. The first kappa shape index (κ1) is 19.5. The molecule has 1 N–H and O–H groups in total. The van der Waals surface area contributed by atoms with Crippen molar-refractivity contribution in [2.24, 2.45) is 0 Å². The van der Waals surface area contributed by atoms with Gasteiger partial charge in [0, 0.05) is 37.7 Å². The Morgan fingerprint density at radius 3 is 2.54 bits per heavy atom. The Hall–Kier alpha value is -0.813. The molecule has 0 spiro atoms. The lowest BCUT2D eigenvalue weighted by Gasteiger charge is -2.16. The average Bonchev–Trinajstić information content (AvgIpc) is 2.77. The molecule has 0 aromatic carbocycles. The number of halogens is 4. The topological polar surface area (TPSA) is 39.1 Å². The molecular weight excluding hydrogens is 450 g/mol. The van der Waals surface area contributed by atoms with Crippen LogP contribution in [0.15, 0.2) is 12.4 Å². The third kappa shape index (κ3) is 4.42. The average molecular weight is 471 g/mol. The third-order valence-corrected chi connectivity index (χ3v) is 6.14. The number of nitrogens with zero attached hydrogens (tertiary/aromatic N) is 2. The molecule has 0 amide bonds. The molecular formula is C15H21F3IN3OSi. The van der Waals surface area contributed by atoms with Gasteiger partial charge in [0.25, 0.3) is 0 Å². The van der Waals surface area contributed by atoms with E-state index in [1.165, 1.54) is 7.05 Å². The van der Waals surface area contributed by atoms with Crippen LogP contribution in [0.3, 0.4) is 0 Å². The van der Waals surface area contributed by atoms with Crippen LogP contribution in [0.5, 0.6) is 0 Å². The van der Waals surface area contributed by atoms with E-state index in [0.717, 1.165) is 12.2 Å². The van der Waals surface area contributed by atoms with Crippen molar-refractivity contribution in [1.29, 1.82) is 0 Å². The van der Waals surface area contributed by atoms with Crippen molar-refractivity contribution in [2.45, 2.75) is 38.6 Å². The summed E-state index contributed by atoms with van der Waals surface area (Å²) >= 11 is 2.03. The Balaban J connectivity index is 2.31. The Kier molecular flexibility index (Phi) is 5.85. The summed E-state index contributed by atoms with van der Waals surface area (Å²) in [5.41, 5.74) is -0.213. The van der Waals surface area contributed by atoms with E-state index in [9.17, 15) is 13.2 Å². The monoisotopic (exact) mass is 471 g/mol. The maximum Gasteiger partial charge on any atom is 0.419 e. The van der Waals surface area contributed by atoms with Gasteiger partial charge in [-0.05, 0) is 28.6 Å². The van der Waals surface area contributed by atoms with E-state index < -0.39 is 19.8 Å². The standard InChI is InChI=1S/C15H21F3IN3OSi/c1-20-13-10(15(16,17)18)7-21-14-12(13)11(19)8-22(14)9-23-5-6-24(2,3)4/h7-8H,5-6,9H2,1-4H3,(H,20,21). The second-order valence-electron chi connectivity index (χ2n) is 6.79. The fraction of sp³-hybridized carbons (Fsp3) is 0.533. The van der Waals surface area contributed by atoms with Crippen molar-refractivity contribution in [3.05, 3.63) is 21.5 Å². The number of hydrogen-bond acceptors (Lipinski definition) is 3. The molecule has 2 heterocycles. The van der Waals surface area contributed by atoms with Gasteiger partial charge < -0.3 is 14.6 Å². The lowest BCUT2D eigenvalue weighted by molar-refractivity contribution is -0.137. The first-order chi connectivity index (χ1) is 11.0. The Morgan fingerprint density at radius 2 is 2.00 bits per heavy atom. The number of fused-ring (bicyclic) bond motifs is 1. The molecule has 0 radical (unpaired) electrons. The summed E-state index contributed by atoms with van der Waals surface area (Å²) in [7, 11) is 0.315. The first-order valence-corrected chi connectivity index (χ1v) is 12.3. The lowest BCUT2D eigenvalue weighted by atomic mass is 10.1. The van der Waals surface area contributed by atoms with Crippen molar-refractivity contribution in [1.82, 2.24) is 9.55 Å². The summed E-state index contributed by atoms with van der Waals surface area (Å²) in [6.07, 6.45) is -1.80. The SMILES string of the molecule is CNc1c(C(F)(F)F)cnc2c1c(I)cn2COCC[Si](C)(C)C. The van der Waals surface area contributed by atoms with Crippen LogP contribution in [0.2, 0.25) is 25.7 Å². The van der Waals surface area contributed by atoms with Crippen molar-refractivity contribution < 1.29 is 17.9 Å². The molecule has 0 saturated carbocycles. The molecule has 0 aliphatic heterocycles. The predicted octanol–water partition coefficient (Wildman–Crippen LogP) is 5.01. The zero-order valence-electron chi connectivity index (χ0n) is 14.1. The molecule has 0 aliphatic carbocycles. The summed E-state index contributed by atoms with van der Waals surface area (Å²) < 4.78 is 47.6. The van der Waals surface area contributed by atoms with Crippen LogP contribution in [-0.4, -0.2) is 31.3 Å². The van der Waals surface area contributed by atoms with Gasteiger partial charge in [-0.1, -0.05) is 19.6 Å². The largest absolute Gasteiger partial charge is 0.419 e. The normalized spacial score (nSPS) is 12.8.